The Bertz CT molecular complexity index is 156. The molecule has 0 aliphatic carbocycles. The average Bonchev–Trinajstić information content (AvgIpc) is 2.04. The van der Waals surface area contributed by atoms with Crippen molar-refractivity contribution >= 4 is 20.8 Å². The molecule has 13 heavy (non-hydrogen) atoms. The first-order valence-electron chi connectivity index (χ1n) is 3.86. The lowest BCUT2D eigenvalue weighted by Crippen LogP contribution is -2.33. The standard InChI is InChI=1S/C5H12B2NO5/c8-4(5(9)13-6-10)2-1-3-7(11)12/h4,10-12H,1-3,8H2/t4-/m0/s1. The Morgan fingerprint density at radius 3 is 2.69 bits per heavy atom. The molecule has 0 spiro atoms. The third-order valence-corrected chi connectivity index (χ3v) is 1.45. The van der Waals surface area contributed by atoms with E-state index in [0.717, 1.165) is 0 Å². The lowest BCUT2D eigenvalue weighted by atomic mass is 9.83. The monoisotopic (exact) mass is 188 g/mol. The van der Waals surface area contributed by atoms with Crippen molar-refractivity contribution in [3.8, 4) is 0 Å². The van der Waals surface area contributed by atoms with E-state index >= 15 is 0 Å². The molecule has 0 aromatic heterocycles. The lowest BCUT2D eigenvalue weighted by Gasteiger charge is -2.08. The Labute approximate surface area is 77.1 Å². The summed E-state index contributed by atoms with van der Waals surface area (Å²) >= 11 is 0. The fraction of sp³-hybridized carbons (Fsp3) is 0.800. The number of hydrogen-bond donors (Lipinski definition) is 4. The first-order valence-corrected chi connectivity index (χ1v) is 3.86. The minimum absolute atomic E-state index is 0.157. The SMILES string of the molecule is N[C@@H](CCCB(O)O)C(=O)O[B]O. The molecular weight excluding hydrogens is 176 g/mol. The molecular formula is C5H12B2NO5. The van der Waals surface area contributed by atoms with Crippen molar-refractivity contribution in [1.82, 2.24) is 0 Å². The fourth-order valence-corrected chi connectivity index (χ4v) is 0.778. The van der Waals surface area contributed by atoms with Crippen LogP contribution in [0.5, 0.6) is 0 Å². The number of hydrogen-bond acceptors (Lipinski definition) is 6. The molecule has 0 aromatic rings. The number of carbonyl (C=O) groups excluding carboxylic acids is 1. The molecule has 0 saturated heterocycles. The van der Waals surface area contributed by atoms with Gasteiger partial charge in [-0.1, -0.05) is 6.42 Å². The van der Waals surface area contributed by atoms with E-state index in [0.29, 0.717) is 6.42 Å². The molecule has 0 aliphatic rings. The van der Waals surface area contributed by atoms with E-state index in [1.807, 2.05) is 0 Å². The van der Waals surface area contributed by atoms with Crippen molar-refractivity contribution in [3.05, 3.63) is 0 Å². The van der Waals surface area contributed by atoms with Gasteiger partial charge < -0.3 is 25.5 Å². The van der Waals surface area contributed by atoms with Gasteiger partial charge in [0.25, 0.3) is 0 Å². The van der Waals surface area contributed by atoms with Crippen LogP contribution >= 0.6 is 0 Å². The van der Waals surface area contributed by atoms with Crippen LogP contribution in [-0.2, 0) is 9.45 Å². The molecule has 0 saturated carbocycles. The molecule has 5 N–H and O–H groups in total. The Kier molecular flexibility index (Phi) is 6.61. The highest BCUT2D eigenvalue weighted by Gasteiger charge is 2.16. The second-order valence-electron chi connectivity index (χ2n) is 2.56. The minimum Gasteiger partial charge on any atom is -0.510 e. The summed E-state index contributed by atoms with van der Waals surface area (Å²) < 4.78 is 4.10. The Morgan fingerprint density at radius 1 is 1.62 bits per heavy atom. The molecule has 73 valence electrons. The van der Waals surface area contributed by atoms with Crippen LogP contribution in [0.3, 0.4) is 0 Å². The summed E-state index contributed by atoms with van der Waals surface area (Å²) in [6.07, 6.45) is 0.841. The van der Waals surface area contributed by atoms with Crippen molar-refractivity contribution < 1.29 is 24.5 Å². The maximum absolute atomic E-state index is 10.8. The zero-order valence-corrected chi connectivity index (χ0v) is 7.09. The van der Waals surface area contributed by atoms with Gasteiger partial charge in [-0.2, -0.15) is 0 Å². The van der Waals surface area contributed by atoms with Gasteiger partial charge in [0.1, 0.15) is 6.04 Å². The molecule has 0 heterocycles. The van der Waals surface area contributed by atoms with Crippen molar-refractivity contribution in [3.63, 3.8) is 0 Å². The number of rotatable bonds is 6. The summed E-state index contributed by atoms with van der Waals surface area (Å²) in [6, 6.07) is -0.845. The molecule has 0 fully saturated rings. The molecule has 6 nitrogen and oxygen atoms in total. The van der Waals surface area contributed by atoms with Crippen LogP contribution in [0, 0.1) is 0 Å². The first kappa shape index (κ1) is 12.4. The topological polar surface area (TPSA) is 113 Å². The summed E-state index contributed by atoms with van der Waals surface area (Å²) in [5, 5.41) is 25.0. The maximum atomic E-state index is 10.8. The Morgan fingerprint density at radius 2 is 2.23 bits per heavy atom. The quantitative estimate of drug-likeness (QED) is 0.346. The molecule has 0 unspecified atom stereocenters. The summed E-state index contributed by atoms with van der Waals surface area (Å²) in [5.74, 6) is -0.741. The third-order valence-electron chi connectivity index (χ3n) is 1.45. The van der Waals surface area contributed by atoms with Crippen molar-refractivity contribution in [2.24, 2.45) is 5.73 Å². The van der Waals surface area contributed by atoms with Gasteiger partial charge in [-0.3, -0.25) is 4.79 Å². The molecule has 0 bridgehead atoms. The molecule has 0 aliphatic heterocycles. The van der Waals surface area contributed by atoms with Gasteiger partial charge >= 0.3 is 20.8 Å². The summed E-state index contributed by atoms with van der Waals surface area (Å²) in [4.78, 5) is 10.8. The van der Waals surface area contributed by atoms with Crippen LogP contribution in [0.25, 0.3) is 0 Å². The second kappa shape index (κ2) is 6.90. The van der Waals surface area contributed by atoms with E-state index in [1.165, 1.54) is 0 Å². The summed E-state index contributed by atoms with van der Waals surface area (Å²) in [5.41, 5.74) is 5.32. The van der Waals surface area contributed by atoms with Crippen LogP contribution in [0.4, 0.5) is 0 Å². The van der Waals surface area contributed by atoms with Gasteiger partial charge in [-0.15, -0.1) is 0 Å². The molecule has 1 atom stereocenters. The van der Waals surface area contributed by atoms with Crippen LogP contribution in [0.2, 0.25) is 6.32 Å². The summed E-state index contributed by atoms with van der Waals surface area (Å²) in [7, 11) is -1.11. The van der Waals surface area contributed by atoms with Gasteiger partial charge in [-0.05, 0) is 12.7 Å². The minimum atomic E-state index is -1.38. The molecule has 8 heteroatoms. The summed E-state index contributed by atoms with van der Waals surface area (Å²) in [6.45, 7) is 0. The maximum Gasteiger partial charge on any atom is 0.571 e. The van der Waals surface area contributed by atoms with Crippen LogP contribution in [-0.4, -0.2) is 41.9 Å². The van der Waals surface area contributed by atoms with E-state index in [9.17, 15) is 4.79 Å². The molecule has 0 rings (SSSR count). The number of carbonyl (C=O) groups is 1. The van der Waals surface area contributed by atoms with Gasteiger partial charge in [0.05, 0.1) is 0 Å². The fourth-order valence-electron chi connectivity index (χ4n) is 0.778. The lowest BCUT2D eigenvalue weighted by molar-refractivity contribution is -0.136. The largest absolute Gasteiger partial charge is 0.571 e. The van der Waals surface area contributed by atoms with E-state index < -0.39 is 19.1 Å². The highest BCUT2D eigenvalue weighted by molar-refractivity contribution is 6.40. The Hall–Kier alpha value is -0.560. The second-order valence-corrected chi connectivity index (χ2v) is 2.56. The molecule has 1 radical (unpaired) electrons. The van der Waals surface area contributed by atoms with Crippen molar-refractivity contribution in [2.45, 2.75) is 25.2 Å². The van der Waals surface area contributed by atoms with E-state index in [1.54, 1.807) is 0 Å². The predicted molar refractivity (Wildman–Crippen MR) is 46.3 cm³/mol. The van der Waals surface area contributed by atoms with Crippen molar-refractivity contribution in [1.29, 1.82) is 0 Å². The van der Waals surface area contributed by atoms with Crippen LogP contribution in [0.15, 0.2) is 0 Å². The van der Waals surface area contributed by atoms with E-state index in [4.69, 9.17) is 20.8 Å². The predicted octanol–water partition coefficient (Wildman–Crippen LogP) is -2.36. The zero-order valence-electron chi connectivity index (χ0n) is 7.09. The van der Waals surface area contributed by atoms with Crippen LogP contribution in [0.1, 0.15) is 12.8 Å². The van der Waals surface area contributed by atoms with Gasteiger partial charge in [0.15, 0.2) is 0 Å². The molecule has 0 amide bonds. The highest BCUT2D eigenvalue weighted by atomic mass is 16.6. The van der Waals surface area contributed by atoms with Crippen molar-refractivity contribution in [2.75, 3.05) is 0 Å². The van der Waals surface area contributed by atoms with E-state index in [2.05, 4.69) is 4.65 Å². The third kappa shape index (κ3) is 6.59. The van der Waals surface area contributed by atoms with Gasteiger partial charge in [-0.25, -0.2) is 0 Å². The zero-order chi connectivity index (χ0) is 10.3. The van der Waals surface area contributed by atoms with Gasteiger partial charge in [0, 0.05) is 0 Å². The van der Waals surface area contributed by atoms with Crippen LogP contribution < -0.4 is 5.73 Å². The smallest absolute Gasteiger partial charge is 0.510 e. The average molecular weight is 188 g/mol. The van der Waals surface area contributed by atoms with Gasteiger partial charge in [0.2, 0.25) is 0 Å². The number of nitrogens with two attached hydrogens (primary N) is 1. The molecule has 0 aromatic carbocycles. The normalized spacial score (nSPS) is 12.0. The highest BCUT2D eigenvalue weighted by Crippen LogP contribution is 2.02. The Balaban J connectivity index is 3.49. The van der Waals surface area contributed by atoms with E-state index in [-0.39, 0.29) is 20.4 Å². The first-order chi connectivity index (χ1) is 6.07.